The van der Waals surface area contributed by atoms with Crippen LogP contribution in [0.3, 0.4) is 0 Å². The van der Waals surface area contributed by atoms with Gasteiger partial charge < -0.3 is 0 Å². The zero-order chi connectivity index (χ0) is 9.68. The van der Waals surface area contributed by atoms with Crippen LogP contribution in [-0.4, -0.2) is 22.1 Å². The minimum Gasteiger partial charge on any atom is -0.261 e. The van der Waals surface area contributed by atoms with Crippen LogP contribution in [0.5, 0.6) is 0 Å². The molecule has 0 bridgehead atoms. The molecule has 13 heavy (non-hydrogen) atoms. The van der Waals surface area contributed by atoms with Gasteiger partial charge >= 0.3 is 0 Å². The molecule has 0 amide bonds. The number of aliphatic imine (C=N–C) groups is 1. The lowest BCUT2D eigenvalue weighted by molar-refractivity contribution is 0.726. The molecule has 0 saturated carbocycles. The molecule has 4 nitrogen and oxygen atoms in total. The van der Waals surface area contributed by atoms with Crippen molar-refractivity contribution < 1.29 is 0 Å². The van der Waals surface area contributed by atoms with E-state index in [1.807, 2.05) is 12.3 Å². The molecular formula is C8H8N4S. The van der Waals surface area contributed by atoms with Gasteiger partial charge in [-0.3, -0.25) is 4.90 Å². The Morgan fingerprint density at radius 2 is 2.46 bits per heavy atom. The van der Waals surface area contributed by atoms with E-state index in [9.17, 15) is 0 Å². The molecule has 0 N–H and O–H groups in total. The number of aromatic nitrogens is 1. The van der Waals surface area contributed by atoms with Crippen LogP contribution in [0.2, 0.25) is 0 Å². The highest BCUT2D eigenvalue weighted by Crippen LogP contribution is 2.07. The molecule has 0 saturated heterocycles. The van der Waals surface area contributed by atoms with E-state index in [0.29, 0.717) is 11.0 Å². The van der Waals surface area contributed by atoms with Gasteiger partial charge in [0.25, 0.3) is 0 Å². The van der Waals surface area contributed by atoms with Crippen LogP contribution in [0.1, 0.15) is 0 Å². The molecule has 0 aliphatic rings. The average Bonchev–Trinajstić information content (AvgIpc) is 2.18. The Morgan fingerprint density at radius 3 is 3.00 bits per heavy atom. The summed E-state index contributed by atoms with van der Waals surface area (Å²) in [5, 5.41) is 8.83. The van der Waals surface area contributed by atoms with Gasteiger partial charge in [-0.05, 0) is 12.1 Å². The van der Waals surface area contributed by atoms with Gasteiger partial charge in [0.05, 0.1) is 0 Å². The number of nitrogens with zero attached hydrogens (tertiary/aromatic N) is 4. The van der Waals surface area contributed by atoms with Crippen LogP contribution in [-0.2, 0) is 0 Å². The maximum Gasteiger partial charge on any atom is 0.185 e. The third-order valence-corrected chi connectivity index (χ3v) is 1.71. The molecule has 0 aromatic carbocycles. The molecule has 0 atom stereocenters. The van der Waals surface area contributed by atoms with E-state index in [-0.39, 0.29) is 0 Å². The average molecular weight is 192 g/mol. The molecule has 1 aromatic rings. The van der Waals surface area contributed by atoms with Gasteiger partial charge in [0, 0.05) is 13.2 Å². The molecule has 0 spiro atoms. The molecule has 1 aromatic heterocycles. The fourth-order valence-electron chi connectivity index (χ4n) is 0.642. The Kier molecular flexibility index (Phi) is 3.29. The quantitative estimate of drug-likeness (QED) is 0.241. The van der Waals surface area contributed by atoms with Crippen molar-refractivity contribution in [1.29, 1.82) is 5.26 Å². The summed E-state index contributed by atoms with van der Waals surface area (Å²) in [7, 11) is 1.58. The van der Waals surface area contributed by atoms with Gasteiger partial charge in [-0.1, -0.05) is 6.07 Å². The summed E-state index contributed by atoms with van der Waals surface area (Å²) in [6.07, 6.45) is 3.51. The van der Waals surface area contributed by atoms with Crippen molar-refractivity contribution in [3.8, 4) is 6.19 Å². The van der Waals surface area contributed by atoms with E-state index < -0.39 is 0 Å². The number of amidine groups is 1. The zero-order valence-electron chi connectivity index (χ0n) is 7.05. The first kappa shape index (κ1) is 9.55. The predicted molar refractivity (Wildman–Crippen MR) is 53.7 cm³/mol. The first-order valence-corrected chi connectivity index (χ1v) is 4.01. The topological polar surface area (TPSA) is 52.3 Å². The van der Waals surface area contributed by atoms with E-state index >= 15 is 0 Å². The number of hydrogen-bond acceptors (Lipinski definition) is 3. The number of rotatable bonds is 1. The highest BCUT2D eigenvalue weighted by Gasteiger charge is 1.98. The Morgan fingerprint density at radius 1 is 1.69 bits per heavy atom. The van der Waals surface area contributed by atoms with Crippen LogP contribution in [0.25, 0.3) is 0 Å². The second-order valence-electron chi connectivity index (χ2n) is 2.26. The highest BCUT2D eigenvalue weighted by atomic mass is 32.1. The van der Waals surface area contributed by atoms with Crippen LogP contribution >= 0.6 is 12.6 Å². The third-order valence-electron chi connectivity index (χ3n) is 1.31. The van der Waals surface area contributed by atoms with E-state index in [4.69, 9.17) is 5.26 Å². The molecule has 0 aliphatic carbocycles. The highest BCUT2D eigenvalue weighted by molar-refractivity contribution is 7.96. The Labute approximate surface area is 81.9 Å². The third kappa shape index (κ3) is 2.76. The minimum absolute atomic E-state index is 0.321. The van der Waals surface area contributed by atoms with Gasteiger partial charge in [0.1, 0.15) is 0 Å². The second-order valence-corrected chi connectivity index (χ2v) is 2.66. The molecule has 0 unspecified atom stereocenters. The van der Waals surface area contributed by atoms with Gasteiger partial charge in [-0.15, -0.1) is 12.6 Å². The number of thiol groups is 1. The predicted octanol–water partition coefficient (Wildman–Crippen LogP) is 1.41. The molecule has 0 fully saturated rings. The summed E-state index contributed by atoms with van der Waals surface area (Å²) in [5.41, 5.74) is 0. The van der Waals surface area contributed by atoms with E-state index in [1.54, 1.807) is 25.4 Å². The summed E-state index contributed by atoms with van der Waals surface area (Å²) >= 11 is 4.03. The van der Waals surface area contributed by atoms with Crippen molar-refractivity contribution in [2.24, 2.45) is 4.99 Å². The Bertz CT molecular complexity index is 341. The normalized spacial score (nSPS) is 10.7. The maximum absolute atomic E-state index is 8.51. The van der Waals surface area contributed by atoms with Crippen LogP contribution in [0, 0.1) is 11.5 Å². The van der Waals surface area contributed by atoms with Crippen molar-refractivity contribution in [2.75, 3.05) is 7.05 Å². The zero-order valence-corrected chi connectivity index (χ0v) is 7.94. The van der Waals surface area contributed by atoms with E-state index in [1.165, 1.54) is 4.90 Å². The van der Waals surface area contributed by atoms with Crippen molar-refractivity contribution in [1.82, 2.24) is 9.88 Å². The number of pyridine rings is 1. The Balaban J connectivity index is 2.84. The van der Waals surface area contributed by atoms with Crippen LogP contribution < -0.4 is 0 Å². The standard InChI is InChI=1S/C8H8N4S/c1-12(6-9)8(13)11-7-4-2-3-5-10-7/h2-5H,1H3,(H,10,11,13). The van der Waals surface area contributed by atoms with E-state index in [2.05, 4.69) is 22.6 Å². The largest absolute Gasteiger partial charge is 0.261 e. The maximum atomic E-state index is 8.51. The molecule has 1 rings (SSSR count). The lowest BCUT2D eigenvalue weighted by Crippen LogP contribution is -2.15. The monoisotopic (exact) mass is 192 g/mol. The molecule has 66 valence electrons. The first-order valence-electron chi connectivity index (χ1n) is 3.56. The fourth-order valence-corrected chi connectivity index (χ4v) is 0.789. The van der Waals surface area contributed by atoms with Crippen molar-refractivity contribution in [3.63, 3.8) is 0 Å². The van der Waals surface area contributed by atoms with Gasteiger partial charge in [-0.25, -0.2) is 9.98 Å². The van der Waals surface area contributed by atoms with Gasteiger partial charge in [0.15, 0.2) is 17.2 Å². The summed E-state index contributed by atoms with van der Waals surface area (Å²) in [4.78, 5) is 9.21. The summed E-state index contributed by atoms with van der Waals surface area (Å²) in [5.74, 6) is 0.537. The lowest BCUT2D eigenvalue weighted by Gasteiger charge is -2.04. The number of hydrogen-bond donors (Lipinski definition) is 1. The lowest BCUT2D eigenvalue weighted by atomic mass is 10.5. The first-order chi connectivity index (χ1) is 6.24. The second kappa shape index (κ2) is 4.48. The van der Waals surface area contributed by atoms with Crippen molar-refractivity contribution in [3.05, 3.63) is 24.4 Å². The van der Waals surface area contributed by atoms with Gasteiger partial charge in [-0.2, -0.15) is 5.26 Å². The van der Waals surface area contributed by atoms with Gasteiger partial charge in [0.2, 0.25) is 0 Å². The molecule has 5 heteroatoms. The smallest absolute Gasteiger partial charge is 0.185 e. The summed E-state index contributed by atoms with van der Waals surface area (Å²) in [6.45, 7) is 0. The van der Waals surface area contributed by atoms with Crippen LogP contribution in [0.4, 0.5) is 5.82 Å². The van der Waals surface area contributed by atoms with Crippen molar-refractivity contribution >= 4 is 23.6 Å². The summed E-state index contributed by atoms with van der Waals surface area (Å²) < 4.78 is 0. The molecule has 0 radical (unpaired) electrons. The fraction of sp³-hybridized carbons (Fsp3) is 0.125. The molecule has 0 aliphatic heterocycles. The minimum atomic E-state index is 0.321. The molecular weight excluding hydrogens is 184 g/mol. The molecule has 1 heterocycles. The van der Waals surface area contributed by atoms with Crippen molar-refractivity contribution in [2.45, 2.75) is 0 Å². The number of nitriles is 1. The van der Waals surface area contributed by atoms with Crippen LogP contribution in [0.15, 0.2) is 29.4 Å². The SMILES string of the molecule is CN(C#N)C(S)=Nc1ccccn1. The Hall–Kier alpha value is -1.54. The van der Waals surface area contributed by atoms with E-state index in [0.717, 1.165) is 0 Å². The summed E-state index contributed by atoms with van der Waals surface area (Å²) in [6, 6.07) is 5.35.